The Morgan fingerprint density at radius 2 is 1.24 bits per heavy atom. The predicted molar refractivity (Wildman–Crippen MR) is 120 cm³/mol. The summed E-state index contributed by atoms with van der Waals surface area (Å²) in [5.41, 5.74) is 1.38. The molecular formula is C24H21F2NO5S2. The molecule has 2 aliphatic rings. The molecule has 0 aromatic heterocycles. The van der Waals surface area contributed by atoms with Crippen molar-refractivity contribution in [3.8, 4) is 0 Å². The fraction of sp³-hybridized carbons (Fsp3) is 0.250. The Balaban J connectivity index is 1.53. The zero-order chi connectivity index (χ0) is 24.1. The zero-order valence-electron chi connectivity index (χ0n) is 17.8. The molecule has 3 aromatic rings. The van der Waals surface area contributed by atoms with Crippen molar-refractivity contribution in [3.05, 3.63) is 95.6 Å². The average Bonchev–Trinajstić information content (AvgIpc) is 2.98. The monoisotopic (exact) mass is 505 g/mol. The maximum Gasteiger partial charge on any atom is 0.257 e. The molecule has 0 spiro atoms. The largest absolute Gasteiger partial charge is 0.377 e. The van der Waals surface area contributed by atoms with E-state index in [1.165, 1.54) is 48.5 Å². The predicted octanol–water partition coefficient (Wildman–Crippen LogP) is 4.04. The van der Waals surface area contributed by atoms with Crippen molar-refractivity contribution in [2.75, 3.05) is 6.61 Å². The van der Waals surface area contributed by atoms with E-state index in [0.717, 1.165) is 0 Å². The third-order valence-corrected chi connectivity index (χ3v) is 11.0. The van der Waals surface area contributed by atoms with Crippen LogP contribution in [0.2, 0.25) is 0 Å². The van der Waals surface area contributed by atoms with Crippen molar-refractivity contribution in [2.45, 2.75) is 40.7 Å². The van der Waals surface area contributed by atoms with Crippen LogP contribution < -0.4 is 0 Å². The second-order valence-corrected chi connectivity index (χ2v) is 12.1. The highest BCUT2D eigenvalue weighted by atomic mass is 32.3. The van der Waals surface area contributed by atoms with Crippen molar-refractivity contribution in [1.29, 1.82) is 0 Å². The van der Waals surface area contributed by atoms with E-state index in [4.69, 9.17) is 4.74 Å². The topological polar surface area (TPSA) is 80.8 Å². The lowest BCUT2D eigenvalue weighted by Gasteiger charge is -2.37. The molecule has 3 aromatic carbocycles. The minimum absolute atomic E-state index is 0.0892. The number of rotatable bonds is 4. The van der Waals surface area contributed by atoms with Crippen molar-refractivity contribution >= 4 is 20.0 Å². The van der Waals surface area contributed by atoms with Gasteiger partial charge in [0.1, 0.15) is 21.4 Å². The van der Waals surface area contributed by atoms with E-state index in [1.807, 2.05) is 0 Å². The number of fused-ring (bicyclic) bond motifs is 1. The van der Waals surface area contributed by atoms with Crippen molar-refractivity contribution in [1.82, 2.24) is 3.71 Å². The summed E-state index contributed by atoms with van der Waals surface area (Å²) < 4.78 is 86.7. The van der Waals surface area contributed by atoms with Gasteiger partial charge in [-0.2, -0.15) is 0 Å². The van der Waals surface area contributed by atoms with E-state index >= 15 is 0 Å². The molecule has 0 amide bonds. The van der Waals surface area contributed by atoms with Crippen LogP contribution in [0.1, 0.15) is 29.9 Å². The van der Waals surface area contributed by atoms with Crippen LogP contribution >= 0.6 is 0 Å². The summed E-state index contributed by atoms with van der Waals surface area (Å²) >= 11 is 0. The molecule has 0 radical (unpaired) electrons. The van der Waals surface area contributed by atoms with E-state index in [-0.39, 0.29) is 29.2 Å². The highest BCUT2D eigenvalue weighted by Gasteiger charge is 2.52. The molecule has 0 N–H and O–H groups in total. The number of sulfonamides is 2. The lowest BCUT2D eigenvalue weighted by atomic mass is 9.82. The second kappa shape index (κ2) is 8.53. The Morgan fingerprint density at radius 1 is 0.765 bits per heavy atom. The maximum absolute atomic E-state index is 13.6. The summed E-state index contributed by atoms with van der Waals surface area (Å²) in [4.78, 5) is -0.460. The van der Waals surface area contributed by atoms with Gasteiger partial charge in [-0.3, -0.25) is 0 Å². The first kappa shape index (κ1) is 23.1. The molecular weight excluding hydrogens is 484 g/mol. The van der Waals surface area contributed by atoms with Gasteiger partial charge in [0, 0.05) is 18.6 Å². The van der Waals surface area contributed by atoms with Crippen LogP contribution in [0.4, 0.5) is 8.78 Å². The van der Waals surface area contributed by atoms with Crippen molar-refractivity contribution in [2.24, 2.45) is 0 Å². The van der Waals surface area contributed by atoms with Crippen LogP contribution in [0.25, 0.3) is 0 Å². The third kappa shape index (κ3) is 3.84. The van der Waals surface area contributed by atoms with Gasteiger partial charge in [-0.15, -0.1) is 0 Å². The Hall–Kier alpha value is -2.66. The van der Waals surface area contributed by atoms with E-state index < -0.39 is 49.7 Å². The molecule has 1 fully saturated rings. The van der Waals surface area contributed by atoms with Gasteiger partial charge in [0.2, 0.25) is 0 Å². The maximum atomic E-state index is 13.6. The molecule has 0 bridgehead atoms. The third-order valence-electron chi connectivity index (χ3n) is 6.29. The number of halogens is 2. The van der Waals surface area contributed by atoms with Crippen LogP contribution in [-0.4, -0.2) is 39.3 Å². The quantitative estimate of drug-likeness (QED) is 0.535. The van der Waals surface area contributed by atoms with Crippen molar-refractivity contribution < 1.29 is 30.4 Å². The lowest BCUT2D eigenvalue weighted by molar-refractivity contribution is -0.0119. The van der Waals surface area contributed by atoms with Crippen molar-refractivity contribution in [3.63, 3.8) is 0 Å². The van der Waals surface area contributed by atoms with E-state index in [2.05, 4.69) is 0 Å². The minimum atomic E-state index is -4.25. The van der Waals surface area contributed by atoms with Crippen LogP contribution in [0, 0.1) is 11.6 Å². The minimum Gasteiger partial charge on any atom is -0.377 e. The summed E-state index contributed by atoms with van der Waals surface area (Å²) in [7, 11) is -8.51. The van der Waals surface area contributed by atoms with Gasteiger partial charge in [0.25, 0.3) is 20.0 Å². The van der Waals surface area contributed by atoms with E-state index in [0.29, 0.717) is 14.8 Å². The molecule has 5 rings (SSSR count). The molecule has 10 heteroatoms. The van der Waals surface area contributed by atoms with E-state index in [9.17, 15) is 25.6 Å². The summed E-state index contributed by atoms with van der Waals surface area (Å²) in [6.45, 7) is 0.131. The Labute approximate surface area is 196 Å². The molecule has 2 atom stereocenters. The normalized spacial score (nSPS) is 23.6. The second-order valence-electron chi connectivity index (χ2n) is 8.35. The standard InChI is InChI=1S/C24H21F2NO5S2/c25-18-9-5-16(6-10-18)24(17-7-11-19(26)12-8-17)21-15-20(13-14-32-21)27-33(28,29)22-3-1-2-4-23(22)34(27,30)31/h1-12,20-21,24H,13-15H2/t20-,21+/m0/s1. The average molecular weight is 506 g/mol. The number of hydrogen-bond acceptors (Lipinski definition) is 5. The molecule has 1 saturated heterocycles. The number of hydrogen-bond donors (Lipinski definition) is 0. The zero-order valence-corrected chi connectivity index (χ0v) is 19.5. The highest BCUT2D eigenvalue weighted by molar-refractivity contribution is 8.06. The van der Waals surface area contributed by atoms with Crippen LogP contribution in [-0.2, 0) is 24.8 Å². The van der Waals surface area contributed by atoms with Crippen LogP contribution in [0.3, 0.4) is 0 Å². The van der Waals surface area contributed by atoms with Gasteiger partial charge < -0.3 is 4.74 Å². The fourth-order valence-corrected chi connectivity index (χ4v) is 9.64. The number of ether oxygens (including phenoxy) is 1. The molecule has 2 aliphatic heterocycles. The van der Waals surface area contributed by atoms with Gasteiger partial charge in [-0.1, -0.05) is 40.1 Å². The Bertz CT molecular complexity index is 1330. The summed E-state index contributed by atoms with van der Waals surface area (Å²) in [5.74, 6) is -1.33. The van der Waals surface area contributed by atoms with Crippen LogP contribution in [0.15, 0.2) is 82.6 Å². The first-order chi connectivity index (χ1) is 16.2. The summed E-state index contributed by atoms with van der Waals surface area (Å²) in [6, 6.07) is 16.3. The SMILES string of the molecule is O=S1(=O)c2ccccc2S(=O)(=O)N1[C@H]1CCO[C@@H](C(c2ccc(F)cc2)c2ccc(F)cc2)C1. The number of benzene rings is 3. The smallest absolute Gasteiger partial charge is 0.257 e. The van der Waals surface area contributed by atoms with Gasteiger partial charge in [0.15, 0.2) is 0 Å². The number of nitrogens with zero attached hydrogens (tertiary/aromatic N) is 1. The Kier molecular flexibility index (Phi) is 5.79. The molecule has 34 heavy (non-hydrogen) atoms. The Morgan fingerprint density at radius 3 is 1.71 bits per heavy atom. The van der Waals surface area contributed by atoms with Crippen LogP contribution in [0.5, 0.6) is 0 Å². The molecule has 0 saturated carbocycles. The first-order valence-corrected chi connectivity index (χ1v) is 13.6. The van der Waals surface area contributed by atoms with Gasteiger partial charge in [0.05, 0.1) is 6.10 Å². The fourth-order valence-electron chi connectivity index (χ4n) is 4.79. The first-order valence-electron chi connectivity index (χ1n) is 10.7. The highest BCUT2D eigenvalue weighted by Crippen LogP contribution is 2.43. The summed E-state index contributed by atoms with van der Waals surface area (Å²) in [5, 5.41) is 0. The van der Waals surface area contributed by atoms with Gasteiger partial charge in [-0.25, -0.2) is 25.6 Å². The molecule has 0 aliphatic carbocycles. The lowest BCUT2D eigenvalue weighted by Crippen LogP contribution is -2.46. The molecule has 178 valence electrons. The van der Waals surface area contributed by atoms with Gasteiger partial charge in [-0.05, 0) is 60.4 Å². The molecule has 2 heterocycles. The molecule has 6 nitrogen and oxygen atoms in total. The van der Waals surface area contributed by atoms with E-state index in [1.54, 1.807) is 24.3 Å². The molecule has 0 unspecified atom stereocenters. The van der Waals surface area contributed by atoms with Gasteiger partial charge >= 0.3 is 0 Å². The summed E-state index contributed by atoms with van der Waals surface area (Å²) in [6.07, 6.45) is -0.335.